The molecule has 1 aliphatic rings. The number of aliphatic imine (C=N–C) groups is 1. The Bertz CT molecular complexity index is 467. The Morgan fingerprint density at radius 2 is 2.00 bits per heavy atom. The van der Waals surface area contributed by atoms with Crippen LogP contribution in [0.15, 0.2) is 29.3 Å². The quantitative estimate of drug-likeness (QED) is 0.734. The molecule has 1 saturated heterocycles. The maximum Gasteiger partial charge on any atom is 0.256 e. The predicted octanol–water partition coefficient (Wildman–Crippen LogP) is 0.915. The summed E-state index contributed by atoms with van der Waals surface area (Å²) in [5, 5.41) is 5.83. The van der Waals surface area contributed by atoms with Crippen molar-refractivity contribution >= 4 is 11.9 Å². The number of aryl methyl sites for hydroxylation is 1. The third-order valence-corrected chi connectivity index (χ3v) is 2.96. The molecular weight excluding hydrogens is 202 g/mol. The van der Waals surface area contributed by atoms with E-state index in [0.29, 0.717) is 5.96 Å². The third kappa shape index (κ3) is 1.46. The molecule has 16 heavy (non-hydrogen) atoms. The van der Waals surface area contributed by atoms with Gasteiger partial charge in [0.1, 0.15) is 5.54 Å². The van der Waals surface area contributed by atoms with Gasteiger partial charge in [-0.3, -0.25) is 15.1 Å². The summed E-state index contributed by atoms with van der Waals surface area (Å²) in [6.45, 7) is 3.86. The molecule has 4 nitrogen and oxygen atoms in total. The molecule has 1 atom stereocenters. The van der Waals surface area contributed by atoms with Crippen molar-refractivity contribution in [1.82, 2.24) is 10.6 Å². The second-order valence-electron chi connectivity index (χ2n) is 4.09. The fraction of sp³-hybridized carbons (Fsp3) is 0.333. The molecule has 1 aromatic rings. The topological polar surface area (TPSA) is 53.5 Å². The van der Waals surface area contributed by atoms with Crippen LogP contribution in [-0.4, -0.2) is 18.9 Å². The van der Waals surface area contributed by atoms with E-state index in [1.54, 1.807) is 7.05 Å². The summed E-state index contributed by atoms with van der Waals surface area (Å²) in [6, 6.07) is 7.85. The lowest BCUT2D eigenvalue weighted by Crippen LogP contribution is -2.41. The zero-order valence-electron chi connectivity index (χ0n) is 9.66. The number of amides is 1. The highest BCUT2D eigenvalue weighted by Gasteiger charge is 2.42. The van der Waals surface area contributed by atoms with Gasteiger partial charge in [0.05, 0.1) is 0 Å². The Hall–Kier alpha value is -1.84. The van der Waals surface area contributed by atoms with Crippen LogP contribution in [0.2, 0.25) is 0 Å². The van der Waals surface area contributed by atoms with E-state index in [9.17, 15) is 4.79 Å². The Morgan fingerprint density at radius 3 is 2.56 bits per heavy atom. The molecule has 1 fully saturated rings. The average molecular weight is 217 g/mol. The number of nitrogens with zero attached hydrogens (tertiary/aromatic N) is 1. The Labute approximate surface area is 94.8 Å². The summed E-state index contributed by atoms with van der Waals surface area (Å²) < 4.78 is 0. The van der Waals surface area contributed by atoms with Gasteiger partial charge < -0.3 is 5.32 Å². The highest BCUT2D eigenvalue weighted by Crippen LogP contribution is 2.26. The van der Waals surface area contributed by atoms with E-state index >= 15 is 0 Å². The number of guanidine groups is 1. The van der Waals surface area contributed by atoms with Gasteiger partial charge >= 0.3 is 0 Å². The van der Waals surface area contributed by atoms with Crippen LogP contribution in [0.3, 0.4) is 0 Å². The first-order valence-electron chi connectivity index (χ1n) is 5.20. The normalized spacial score (nSPS) is 26.7. The first-order chi connectivity index (χ1) is 7.58. The molecule has 0 aromatic heterocycles. The minimum Gasteiger partial charge on any atom is -0.338 e. The summed E-state index contributed by atoms with van der Waals surface area (Å²) in [5.41, 5.74) is 1.34. The highest BCUT2D eigenvalue weighted by atomic mass is 16.2. The van der Waals surface area contributed by atoms with E-state index in [1.165, 1.54) is 0 Å². The Kier molecular flexibility index (Phi) is 2.42. The van der Waals surface area contributed by atoms with Crippen LogP contribution in [0, 0.1) is 6.92 Å². The van der Waals surface area contributed by atoms with E-state index < -0.39 is 5.54 Å². The van der Waals surface area contributed by atoms with Crippen molar-refractivity contribution in [1.29, 1.82) is 0 Å². The number of hydrogen-bond donors (Lipinski definition) is 2. The molecule has 4 heteroatoms. The average Bonchev–Trinajstić information content (AvgIpc) is 2.56. The minimum atomic E-state index is -0.722. The number of benzene rings is 1. The maximum absolute atomic E-state index is 12.0. The van der Waals surface area contributed by atoms with Crippen LogP contribution in [0.1, 0.15) is 18.1 Å². The minimum absolute atomic E-state index is 0.0672. The van der Waals surface area contributed by atoms with Crippen LogP contribution >= 0.6 is 0 Å². The van der Waals surface area contributed by atoms with Gasteiger partial charge in [0, 0.05) is 7.05 Å². The molecule has 2 N–H and O–H groups in total. The smallest absolute Gasteiger partial charge is 0.256 e. The van der Waals surface area contributed by atoms with Crippen molar-refractivity contribution in [2.24, 2.45) is 4.99 Å². The van der Waals surface area contributed by atoms with Crippen molar-refractivity contribution in [3.05, 3.63) is 35.4 Å². The molecule has 0 radical (unpaired) electrons. The molecule has 0 aliphatic carbocycles. The van der Waals surface area contributed by atoms with Gasteiger partial charge in [0.15, 0.2) is 5.96 Å². The molecule has 84 valence electrons. The highest BCUT2D eigenvalue weighted by molar-refractivity contribution is 6.09. The fourth-order valence-electron chi connectivity index (χ4n) is 1.99. The van der Waals surface area contributed by atoms with Gasteiger partial charge in [-0.1, -0.05) is 24.3 Å². The summed E-state index contributed by atoms with van der Waals surface area (Å²) in [7, 11) is 1.65. The number of nitrogens with one attached hydrogen (secondary N) is 2. The van der Waals surface area contributed by atoms with Crippen LogP contribution in [0.5, 0.6) is 0 Å². The molecule has 0 spiro atoms. The van der Waals surface area contributed by atoms with Crippen molar-refractivity contribution < 1.29 is 4.79 Å². The number of carbonyl (C=O) groups excluding carboxylic acids is 1. The molecule has 1 aliphatic heterocycles. The number of rotatable bonds is 1. The van der Waals surface area contributed by atoms with Crippen molar-refractivity contribution in [3.63, 3.8) is 0 Å². The second-order valence-corrected chi connectivity index (χ2v) is 4.09. The summed E-state index contributed by atoms with van der Waals surface area (Å²) >= 11 is 0. The number of hydrogen-bond acceptors (Lipinski definition) is 2. The van der Waals surface area contributed by atoms with Crippen molar-refractivity contribution in [2.75, 3.05) is 7.05 Å². The first kappa shape index (κ1) is 10.7. The van der Waals surface area contributed by atoms with E-state index in [-0.39, 0.29) is 5.91 Å². The second kappa shape index (κ2) is 3.63. The summed E-state index contributed by atoms with van der Waals surface area (Å²) in [6.07, 6.45) is 0. The lowest BCUT2D eigenvalue weighted by Gasteiger charge is -2.23. The van der Waals surface area contributed by atoms with E-state index in [2.05, 4.69) is 15.6 Å². The van der Waals surface area contributed by atoms with E-state index in [4.69, 9.17) is 0 Å². The zero-order valence-corrected chi connectivity index (χ0v) is 9.66. The molecule has 1 unspecified atom stereocenters. The first-order valence-corrected chi connectivity index (χ1v) is 5.20. The fourth-order valence-corrected chi connectivity index (χ4v) is 1.99. The van der Waals surface area contributed by atoms with Gasteiger partial charge in [-0.05, 0) is 25.0 Å². The van der Waals surface area contributed by atoms with Crippen LogP contribution in [0.4, 0.5) is 0 Å². The monoisotopic (exact) mass is 217 g/mol. The largest absolute Gasteiger partial charge is 0.338 e. The molecule has 0 bridgehead atoms. The molecular formula is C12H15N3O. The molecule has 2 rings (SSSR count). The van der Waals surface area contributed by atoms with Crippen LogP contribution in [0.25, 0.3) is 0 Å². The Balaban J connectivity index is 2.48. The van der Waals surface area contributed by atoms with Gasteiger partial charge in [-0.2, -0.15) is 0 Å². The van der Waals surface area contributed by atoms with E-state index in [1.807, 2.05) is 38.1 Å². The van der Waals surface area contributed by atoms with Crippen molar-refractivity contribution in [3.8, 4) is 0 Å². The molecule has 1 heterocycles. The van der Waals surface area contributed by atoms with Gasteiger partial charge in [-0.15, -0.1) is 0 Å². The van der Waals surface area contributed by atoms with Crippen LogP contribution in [-0.2, 0) is 10.3 Å². The molecule has 1 amide bonds. The lowest BCUT2D eigenvalue weighted by atomic mass is 9.89. The molecule has 1 aromatic carbocycles. The SMILES string of the molecule is CN=C1NC(=O)C(C)(c2ccccc2C)N1. The Morgan fingerprint density at radius 1 is 1.31 bits per heavy atom. The standard InChI is InChI=1S/C12H15N3O/c1-8-6-4-5-7-9(8)12(2)10(16)14-11(13-3)15-12/h4-7H,1-3H3,(H2,13,14,15,16). The van der Waals surface area contributed by atoms with Crippen molar-refractivity contribution in [2.45, 2.75) is 19.4 Å². The van der Waals surface area contributed by atoms with Crippen LogP contribution < -0.4 is 10.6 Å². The predicted molar refractivity (Wildman–Crippen MR) is 63.2 cm³/mol. The summed E-state index contributed by atoms with van der Waals surface area (Å²) in [4.78, 5) is 15.9. The summed E-state index contributed by atoms with van der Waals surface area (Å²) in [5.74, 6) is 0.457. The van der Waals surface area contributed by atoms with Gasteiger partial charge in [-0.25, -0.2) is 0 Å². The van der Waals surface area contributed by atoms with E-state index in [0.717, 1.165) is 11.1 Å². The van der Waals surface area contributed by atoms with Gasteiger partial charge in [0.25, 0.3) is 5.91 Å². The maximum atomic E-state index is 12.0. The van der Waals surface area contributed by atoms with Gasteiger partial charge in [0.2, 0.25) is 0 Å². The molecule has 0 saturated carbocycles. The zero-order chi connectivity index (χ0) is 11.8. The number of carbonyl (C=O) groups is 1. The third-order valence-electron chi connectivity index (χ3n) is 2.96. The lowest BCUT2D eigenvalue weighted by molar-refractivity contribution is -0.123.